The maximum absolute atomic E-state index is 12.1. The van der Waals surface area contributed by atoms with E-state index in [1.165, 1.54) is 0 Å². The summed E-state index contributed by atoms with van der Waals surface area (Å²) in [6, 6.07) is 7.60. The van der Waals surface area contributed by atoms with E-state index >= 15 is 0 Å². The lowest BCUT2D eigenvalue weighted by molar-refractivity contribution is 0.0668. The normalized spacial score (nSPS) is 21.1. The summed E-state index contributed by atoms with van der Waals surface area (Å²) in [4.78, 5) is 14.5. The summed E-state index contributed by atoms with van der Waals surface area (Å²) in [5, 5.41) is 0. The maximum Gasteiger partial charge on any atom is 0.164 e. The Labute approximate surface area is 123 Å². The average Bonchev–Trinajstić information content (AvgIpc) is 2.60. The monoisotopic (exact) mass is 325 g/mol. The van der Waals surface area contributed by atoms with Crippen molar-refractivity contribution in [1.82, 2.24) is 4.90 Å². The highest BCUT2D eigenvalue weighted by molar-refractivity contribution is 9.10. The van der Waals surface area contributed by atoms with Crippen molar-refractivity contribution in [2.45, 2.75) is 25.9 Å². The topological polar surface area (TPSA) is 29.5 Å². The van der Waals surface area contributed by atoms with Crippen LogP contribution >= 0.6 is 15.9 Å². The molecule has 1 saturated heterocycles. The van der Waals surface area contributed by atoms with E-state index in [1.807, 2.05) is 24.3 Å². The number of carbonyl (C=O) groups excluding carboxylic acids is 1. The SMILES string of the molecule is CC1CN(CCC(=O)c2cccc(Br)c2)CCCO1. The van der Waals surface area contributed by atoms with E-state index < -0.39 is 0 Å². The second-order valence-corrected chi connectivity index (χ2v) is 5.93. The predicted octanol–water partition coefficient (Wildman–Crippen LogP) is 3.13. The van der Waals surface area contributed by atoms with Gasteiger partial charge in [-0.1, -0.05) is 28.1 Å². The third kappa shape index (κ3) is 4.71. The molecule has 1 fully saturated rings. The largest absolute Gasteiger partial charge is 0.377 e. The molecule has 4 heteroatoms. The Hall–Kier alpha value is -0.710. The van der Waals surface area contributed by atoms with Gasteiger partial charge in [-0.05, 0) is 25.5 Å². The minimum atomic E-state index is 0.208. The van der Waals surface area contributed by atoms with Crippen LogP contribution in [0, 0.1) is 0 Å². The zero-order chi connectivity index (χ0) is 13.7. The molecule has 1 atom stereocenters. The van der Waals surface area contributed by atoms with Gasteiger partial charge in [0.15, 0.2) is 5.78 Å². The van der Waals surface area contributed by atoms with Gasteiger partial charge >= 0.3 is 0 Å². The van der Waals surface area contributed by atoms with E-state index in [2.05, 4.69) is 27.8 Å². The molecule has 0 amide bonds. The molecule has 1 aliphatic heterocycles. The summed E-state index contributed by atoms with van der Waals surface area (Å²) in [6.07, 6.45) is 1.89. The van der Waals surface area contributed by atoms with Gasteiger partial charge in [0.2, 0.25) is 0 Å². The number of ether oxygens (including phenoxy) is 1. The standard InChI is InChI=1S/C15H20BrNO2/c1-12-11-17(7-3-9-19-12)8-6-15(18)13-4-2-5-14(16)10-13/h2,4-5,10,12H,3,6-9,11H2,1H3. The van der Waals surface area contributed by atoms with Crippen molar-refractivity contribution in [3.63, 3.8) is 0 Å². The van der Waals surface area contributed by atoms with Crippen molar-refractivity contribution in [2.75, 3.05) is 26.2 Å². The summed E-state index contributed by atoms with van der Waals surface area (Å²) in [6.45, 7) is 5.69. The molecule has 0 radical (unpaired) electrons. The van der Waals surface area contributed by atoms with E-state index in [0.717, 1.165) is 42.7 Å². The van der Waals surface area contributed by atoms with Crippen molar-refractivity contribution >= 4 is 21.7 Å². The van der Waals surface area contributed by atoms with E-state index in [1.54, 1.807) is 0 Å². The average molecular weight is 326 g/mol. The Balaban J connectivity index is 1.86. The van der Waals surface area contributed by atoms with E-state index in [-0.39, 0.29) is 11.9 Å². The third-order valence-corrected chi connectivity index (χ3v) is 3.83. The molecule has 2 rings (SSSR count). The smallest absolute Gasteiger partial charge is 0.164 e. The van der Waals surface area contributed by atoms with Gasteiger partial charge in [-0.25, -0.2) is 0 Å². The van der Waals surface area contributed by atoms with Gasteiger partial charge in [0.25, 0.3) is 0 Å². The number of nitrogens with zero attached hydrogens (tertiary/aromatic N) is 1. The lowest BCUT2D eigenvalue weighted by atomic mass is 10.1. The van der Waals surface area contributed by atoms with E-state index in [4.69, 9.17) is 4.74 Å². The summed E-state index contributed by atoms with van der Waals surface area (Å²) >= 11 is 3.40. The second kappa shape index (κ2) is 7.17. The zero-order valence-corrected chi connectivity index (χ0v) is 12.9. The summed E-state index contributed by atoms with van der Waals surface area (Å²) < 4.78 is 6.56. The first-order valence-corrected chi connectivity index (χ1v) is 7.57. The first-order valence-electron chi connectivity index (χ1n) is 6.78. The predicted molar refractivity (Wildman–Crippen MR) is 79.6 cm³/mol. The van der Waals surface area contributed by atoms with Crippen LogP contribution in [0.25, 0.3) is 0 Å². The lowest BCUT2D eigenvalue weighted by Gasteiger charge is -2.21. The molecule has 0 aliphatic carbocycles. The highest BCUT2D eigenvalue weighted by Gasteiger charge is 2.16. The molecule has 0 bridgehead atoms. The number of hydrogen-bond donors (Lipinski definition) is 0. The number of carbonyl (C=O) groups is 1. The van der Waals surface area contributed by atoms with Gasteiger partial charge in [-0.15, -0.1) is 0 Å². The fourth-order valence-corrected chi connectivity index (χ4v) is 2.75. The van der Waals surface area contributed by atoms with Crippen molar-refractivity contribution in [1.29, 1.82) is 0 Å². The zero-order valence-electron chi connectivity index (χ0n) is 11.3. The molecular formula is C15H20BrNO2. The Bertz CT molecular complexity index is 436. The van der Waals surface area contributed by atoms with Crippen molar-refractivity contribution in [2.24, 2.45) is 0 Å². The van der Waals surface area contributed by atoms with Crippen LogP contribution in [0.2, 0.25) is 0 Å². The number of benzene rings is 1. The molecule has 0 saturated carbocycles. The second-order valence-electron chi connectivity index (χ2n) is 5.02. The van der Waals surface area contributed by atoms with E-state index in [0.29, 0.717) is 6.42 Å². The van der Waals surface area contributed by atoms with Gasteiger partial charge < -0.3 is 9.64 Å². The Morgan fingerprint density at radius 1 is 1.53 bits per heavy atom. The van der Waals surface area contributed by atoms with Crippen LogP contribution in [0.1, 0.15) is 30.1 Å². The van der Waals surface area contributed by atoms with Crippen molar-refractivity contribution < 1.29 is 9.53 Å². The van der Waals surface area contributed by atoms with Gasteiger partial charge in [0.05, 0.1) is 6.10 Å². The quantitative estimate of drug-likeness (QED) is 0.796. The van der Waals surface area contributed by atoms with Crippen LogP contribution in [-0.2, 0) is 4.74 Å². The molecule has 1 aliphatic rings. The van der Waals surface area contributed by atoms with Crippen LogP contribution < -0.4 is 0 Å². The lowest BCUT2D eigenvalue weighted by Crippen LogP contribution is -2.32. The molecule has 0 spiro atoms. The molecule has 1 aromatic rings. The molecule has 0 aromatic heterocycles. The molecule has 3 nitrogen and oxygen atoms in total. The number of Topliss-reactive ketones (excluding diaryl/α,β-unsaturated/α-hetero) is 1. The first kappa shape index (κ1) is 14.7. The summed E-state index contributed by atoms with van der Waals surface area (Å²) in [5.74, 6) is 0.208. The summed E-state index contributed by atoms with van der Waals surface area (Å²) in [5.41, 5.74) is 0.786. The van der Waals surface area contributed by atoms with Crippen LogP contribution in [0.3, 0.4) is 0 Å². The fourth-order valence-electron chi connectivity index (χ4n) is 2.35. The molecule has 1 aromatic carbocycles. The van der Waals surface area contributed by atoms with Crippen LogP contribution in [-0.4, -0.2) is 43.0 Å². The van der Waals surface area contributed by atoms with Gasteiger partial charge in [-0.2, -0.15) is 0 Å². The molecular weight excluding hydrogens is 306 g/mol. The fraction of sp³-hybridized carbons (Fsp3) is 0.533. The highest BCUT2D eigenvalue weighted by Crippen LogP contribution is 2.14. The molecule has 19 heavy (non-hydrogen) atoms. The Morgan fingerprint density at radius 2 is 2.37 bits per heavy atom. The van der Waals surface area contributed by atoms with Crippen molar-refractivity contribution in [3.8, 4) is 0 Å². The van der Waals surface area contributed by atoms with Gasteiger partial charge in [0.1, 0.15) is 0 Å². The maximum atomic E-state index is 12.1. The van der Waals surface area contributed by atoms with Gasteiger partial charge in [0, 0.05) is 42.7 Å². The number of halogens is 1. The highest BCUT2D eigenvalue weighted by atomic mass is 79.9. The molecule has 1 unspecified atom stereocenters. The number of rotatable bonds is 4. The first-order chi connectivity index (χ1) is 9.15. The molecule has 1 heterocycles. The number of ketones is 1. The van der Waals surface area contributed by atoms with Gasteiger partial charge in [-0.3, -0.25) is 4.79 Å². The van der Waals surface area contributed by atoms with Crippen LogP contribution in [0.5, 0.6) is 0 Å². The van der Waals surface area contributed by atoms with Crippen molar-refractivity contribution in [3.05, 3.63) is 34.3 Å². The van der Waals surface area contributed by atoms with Crippen LogP contribution in [0.4, 0.5) is 0 Å². The minimum absolute atomic E-state index is 0.208. The van der Waals surface area contributed by atoms with E-state index in [9.17, 15) is 4.79 Å². The minimum Gasteiger partial charge on any atom is -0.377 e. The Morgan fingerprint density at radius 3 is 3.16 bits per heavy atom. The Kier molecular flexibility index (Phi) is 5.55. The number of hydrogen-bond acceptors (Lipinski definition) is 3. The molecule has 104 valence electrons. The van der Waals surface area contributed by atoms with Crippen LogP contribution in [0.15, 0.2) is 28.7 Å². The summed E-state index contributed by atoms with van der Waals surface area (Å²) in [7, 11) is 0. The molecule has 0 N–H and O–H groups in total. The third-order valence-electron chi connectivity index (χ3n) is 3.34.